The molecular weight excluding hydrogens is 250 g/mol. The maximum Gasteiger partial charge on any atom is 0.245 e. The van der Waals surface area contributed by atoms with Crippen LogP contribution in [0.1, 0.15) is 11.4 Å². The van der Waals surface area contributed by atoms with Crippen molar-refractivity contribution in [2.75, 3.05) is 23.3 Å². The maximum atomic E-state index is 4.21. The van der Waals surface area contributed by atoms with E-state index in [0.29, 0.717) is 12.0 Å². The number of hydrogen-bond acceptors (Lipinski definition) is 8. The second kappa shape index (κ2) is 4.81. The van der Waals surface area contributed by atoms with E-state index < -0.39 is 0 Å². The van der Waals surface area contributed by atoms with E-state index in [2.05, 4.69) is 35.6 Å². The molecular formula is C10H13N7S. The molecule has 0 spiro atoms. The highest BCUT2D eigenvalue weighted by Gasteiger charge is 2.25. The Morgan fingerprint density at radius 1 is 1.33 bits per heavy atom. The van der Waals surface area contributed by atoms with Crippen molar-refractivity contribution in [2.45, 2.75) is 19.4 Å². The molecule has 0 aliphatic carbocycles. The van der Waals surface area contributed by atoms with Gasteiger partial charge in [-0.3, -0.25) is 0 Å². The lowest BCUT2D eigenvalue weighted by molar-refractivity contribution is 0.794. The minimum Gasteiger partial charge on any atom is -0.355 e. The van der Waals surface area contributed by atoms with E-state index in [4.69, 9.17) is 0 Å². The van der Waals surface area contributed by atoms with Crippen LogP contribution in [0.15, 0.2) is 12.4 Å². The molecule has 0 unspecified atom stereocenters. The van der Waals surface area contributed by atoms with E-state index in [1.807, 2.05) is 6.92 Å². The number of aromatic nitrogens is 5. The highest BCUT2D eigenvalue weighted by Crippen LogP contribution is 2.20. The summed E-state index contributed by atoms with van der Waals surface area (Å²) < 4.78 is 0. The van der Waals surface area contributed by atoms with Crippen LogP contribution in [0.3, 0.4) is 0 Å². The van der Waals surface area contributed by atoms with Gasteiger partial charge in [-0.15, -0.1) is 15.3 Å². The number of anilines is 2. The summed E-state index contributed by atoms with van der Waals surface area (Å²) in [5.74, 6) is 0.690. The fourth-order valence-corrected chi connectivity index (χ4v) is 2.64. The summed E-state index contributed by atoms with van der Waals surface area (Å²) >= 11 is 1.58. The van der Waals surface area contributed by atoms with E-state index in [-0.39, 0.29) is 0 Å². The standard InChI is InChI=1S/C10H13N7S/c1-7-14-16-10(18-7)13-8-2-5-17(6-8)9-11-3-4-12-15-9/h3-4,8H,2,5-6H2,1H3,(H,13,16)/t8-/m1/s1. The van der Waals surface area contributed by atoms with Gasteiger partial charge in [0.05, 0.1) is 12.4 Å². The van der Waals surface area contributed by atoms with Crippen molar-refractivity contribution in [3.05, 3.63) is 17.4 Å². The van der Waals surface area contributed by atoms with Gasteiger partial charge in [0.15, 0.2) is 0 Å². The second-order valence-electron chi connectivity index (χ2n) is 4.14. The van der Waals surface area contributed by atoms with Crippen LogP contribution in [0, 0.1) is 6.92 Å². The van der Waals surface area contributed by atoms with E-state index in [9.17, 15) is 0 Å². The number of aryl methyl sites for hydroxylation is 1. The zero-order valence-electron chi connectivity index (χ0n) is 9.94. The summed E-state index contributed by atoms with van der Waals surface area (Å²) in [5, 5.41) is 21.2. The quantitative estimate of drug-likeness (QED) is 0.874. The Bertz CT molecular complexity index is 514. The van der Waals surface area contributed by atoms with E-state index in [0.717, 1.165) is 29.6 Å². The van der Waals surface area contributed by atoms with Gasteiger partial charge in [0.25, 0.3) is 0 Å². The second-order valence-corrected chi connectivity index (χ2v) is 5.33. The molecule has 0 bridgehead atoms. The molecule has 0 amide bonds. The van der Waals surface area contributed by atoms with Gasteiger partial charge in [0.2, 0.25) is 11.1 Å². The van der Waals surface area contributed by atoms with Crippen LogP contribution in [0.25, 0.3) is 0 Å². The molecule has 0 radical (unpaired) electrons. The van der Waals surface area contributed by atoms with E-state index in [1.165, 1.54) is 0 Å². The predicted octanol–water partition coefficient (Wildman–Crippen LogP) is 0.722. The SMILES string of the molecule is Cc1nnc(N[C@@H]2CCN(c3nccnn3)C2)s1. The van der Waals surface area contributed by atoms with Gasteiger partial charge in [-0.2, -0.15) is 5.10 Å². The van der Waals surface area contributed by atoms with Crippen LogP contribution in [-0.2, 0) is 0 Å². The molecule has 1 fully saturated rings. The first-order chi connectivity index (χ1) is 8.81. The van der Waals surface area contributed by atoms with Crippen molar-refractivity contribution in [2.24, 2.45) is 0 Å². The number of nitrogens with zero attached hydrogens (tertiary/aromatic N) is 6. The zero-order chi connectivity index (χ0) is 12.4. The molecule has 18 heavy (non-hydrogen) atoms. The molecule has 1 atom stereocenters. The van der Waals surface area contributed by atoms with Crippen molar-refractivity contribution in [3.63, 3.8) is 0 Å². The third kappa shape index (κ3) is 2.37. The van der Waals surface area contributed by atoms with Gasteiger partial charge >= 0.3 is 0 Å². The number of nitrogens with one attached hydrogen (secondary N) is 1. The number of rotatable bonds is 3. The third-order valence-corrected chi connectivity index (χ3v) is 3.57. The largest absolute Gasteiger partial charge is 0.355 e. The van der Waals surface area contributed by atoms with Crippen molar-refractivity contribution in [1.82, 2.24) is 25.4 Å². The Kier molecular flexibility index (Phi) is 3.01. The summed E-state index contributed by atoms with van der Waals surface area (Å²) in [6.07, 6.45) is 4.29. The van der Waals surface area contributed by atoms with E-state index in [1.54, 1.807) is 23.7 Å². The molecule has 2 aromatic heterocycles. The molecule has 3 rings (SSSR count). The maximum absolute atomic E-state index is 4.21. The topological polar surface area (TPSA) is 79.7 Å². The molecule has 8 heteroatoms. The van der Waals surface area contributed by atoms with Gasteiger partial charge in [0.1, 0.15) is 5.01 Å². The van der Waals surface area contributed by atoms with Crippen molar-refractivity contribution in [3.8, 4) is 0 Å². The minimum absolute atomic E-state index is 0.362. The van der Waals surface area contributed by atoms with Crippen LogP contribution >= 0.6 is 11.3 Å². The third-order valence-electron chi connectivity index (χ3n) is 2.80. The summed E-state index contributed by atoms with van der Waals surface area (Å²) in [6, 6.07) is 0.362. The Hall–Kier alpha value is -1.83. The summed E-state index contributed by atoms with van der Waals surface area (Å²) in [4.78, 5) is 6.33. The molecule has 7 nitrogen and oxygen atoms in total. The van der Waals surface area contributed by atoms with Gasteiger partial charge in [-0.1, -0.05) is 11.3 Å². The van der Waals surface area contributed by atoms with Crippen LogP contribution < -0.4 is 10.2 Å². The lowest BCUT2D eigenvalue weighted by atomic mass is 10.3. The first-order valence-electron chi connectivity index (χ1n) is 5.76. The first kappa shape index (κ1) is 11.3. The summed E-state index contributed by atoms with van der Waals surface area (Å²) in [7, 11) is 0. The van der Waals surface area contributed by atoms with Gasteiger partial charge < -0.3 is 10.2 Å². The molecule has 1 aliphatic rings. The fourth-order valence-electron chi connectivity index (χ4n) is 1.97. The van der Waals surface area contributed by atoms with Gasteiger partial charge in [0, 0.05) is 19.1 Å². The zero-order valence-corrected chi connectivity index (χ0v) is 10.8. The lowest BCUT2D eigenvalue weighted by Crippen LogP contribution is -2.27. The van der Waals surface area contributed by atoms with Crippen molar-refractivity contribution >= 4 is 22.4 Å². The van der Waals surface area contributed by atoms with Gasteiger partial charge in [-0.05, 0) is 13.3 Å². The van der Waals surface area contributed by atoms with Crippen molar-refractivity contribution < 1.29 is 0 Å². The Labute approximate surface area is 108 Å². The average molecular weight is 263 g/mol. The minimum atomic E-state index is 0.362. The lowest BCUT2D eigenvalue weighted by Gasteiger charge is -2.15. The average Bonchev–Trinajstić information content (AvgIpc) is 3.01. The molecule has 1 N–H and O–H groups in total. The molecule has 94 valence electrons. The van der Waals surface area contributed by atoms with Crippen LogP contribution in [-0.4, -0.2) is 44.5 Å². The molecule has 0 aromatic carbocycles. The Balaban J connectivity index is 1.62. The summed E-state index contributed by atoms with van der Waals surface area (Å²) in [6.45, 7) is 3.75. The molecule has 1 aliphatic heterocycles. The summed E-state index contributed by atoms with van der Waals surface area (Å²) in [5.41, 5.74) is 0. The Morgan fingerprint density at radius 3 is 3.00 bits per heavy atom. The number of hydrogen-bond donors (Lipinski definition) is 1. The van der Waals surface area contributed by atoms with Crippen LogP contribution in [0.4, 0.5) is 11.1 Å². The molecule has 3 heterocycles. The smallest absolute Gasteiger partial charge is 0.245 e. The van der Waals surface area contributed by atoms with Crippen molar-refractivity contribution in [1.29, 1.82) is 0 Å². The normalized spacial score (nSPS) is 19.2. The van der Waals surface area contributed by atoms with Crippen LogP contribution in [0.2, 0.25) is 0 Å². The predicted molar refractivity (Wildman–Crippen MR) is 68.7 cm³/mol. The first-order valence-corrected chi connectivity index (χ1v) is 6.58. The monoisotopic (exact) mass is 263 g/mol. The Morgan fingerprint density at radius 2 is 2.28 bits per heavy atom. The molecule has 2 aromatic rings. The highest BCUT2D eigenvalue weighted by atomic mass is 32.1. The van der Waals surface area contributed by atoms with E-state index >= 15 is 0 Å². The van der Waals surface area contributed by atoms with Gasteiger partial charge in [-0.25, -0.2) is 4.98 Å². The highest BCUT2D eigenvalue weighted by molar-refractivity contribution is 7.15. The molecule has 0 saturated carbocycles. The van der Waals surface area contributed by atoms with Crippen LogP contribution in [0.5, 0.6) is 0 Å². The fraction of sp³-hybridized carbons (Fsp3) is 0.500. The molecule has 1 saturated heterocycles.